The molecule has 0 aliphatic rings. The minimum atomic E-state index is -0.297. The van der Waals surface area contributed by atoms with Crippen molar-refractivity contribution < 1.29 is 8.78 Å². The van der Waals surface area contributed by atoms with E-state index in [-0.39, 0.29) is 11.6 Å². The molecule has 0 saturated carbocycles. The lowest BCUT2D eigenvalue weighted by Gasteiger charge is -2.05. The van der Waals surface area contributed by atoms with Crippen LogP contribution in [0.4, 0.5) is 8.78 Å². The Hall–Kier alpha value is -3.15. The van der Waals surface area contributed by atoms with Crippen LogP contribution in [0.15, 0.2) is 61.1 Å². The summed E-state index contributed by atoms with van der Waals surface area (Å²) in [5.74, 6) is -0.568. The van der Waals surface area contributed by atoms with E-state index >= 15 is 0 Å². The van der Waals surface area contributed by atoms with Crippen molar-refractivity contribution in [3.8, 4) is 11.3 Å². The fourth-order valence-electron chi connectivity index (χ4n) is 2.50. The van der Waals surface area contributed by atoms with Crippen LogP contribution in [0.1, 0.15) is 5.56 Å². The second kappa shape index (κ2) is 5.81. The van der Waals surface area contributed by atoms with E-state index in [0.717, 1.165) is 11.1 Å². The average molecular weight is 322 g/mol. The second-order valence-electron chi connectivity index (χ2n) is 5.41. The van der Waals surface area contributed by atoms with Gasteiger partial charge in [-0.25, -0.2) is 23.7 Å². The highest BCUT2D eigenvalue weighted by Crippen LogP contribution is 2.19. The molecular weight excluding hydrogens is 310 g/mol. The maximum atomic E-state index is 13.1. The molecule has 0 unspecified atom stereocenters. The second-order valence-corrected chi connectivity index (χ2v) is 5.41. The predicted octanol–water partition coefficient (Wildman–Crippen LogP) is 3.82. The number of hydrogen-bond acceptors (Lipinski definition) is 3. The number of rotatable bonds is 3. The number of nitrogens with zero attached hydrogens (tertiary/aromatic N) is 4. The third kappa shape index (κ3) is 2.74. The van der Waals surface area contributed by atoms with Crippen LogP contribution in [0.2, 0.25) is 0 Å². The van der Waals surface area contributed by atoms with Gasteiger partial charge in [-0.2, -0.15) is 0 Å². The summed E-state index contributed by atoms with van der Waals surface area (Å²) < 4.78 is 27.9. The van der Waals surface area contributed by atoms with E-state index in [1.165, 1.54) is 24.3 Å². The first-order chi connectivity index (χ1) is 11.7. The Labute approximate surface area is 136 Å². The van der Waals surface area contributed by atoms with Crippen molar-refractivity contribution in [3.05, 3.63) is 78.3 Å². The number of imidazole rings is 1. The topological polar surface area (TPSA) is 43.6 Å². The molecular formula is C18H12F2N4. The van der Waals surface area contributed by atoms with Crippen LogP contribution < -0.4 is 0 Å². The molecule has 4 rings (SSSR count). The highest BCUT2D eigenvalue weighted by atomic mass is 19.1. The Morgan fingerprint density at radius 2 is 1.50 bits per heavy atom. The van der Waals surface area contributed by atoms with E-state index in [1.807, 2.05) is 4.57 Å². The molecule has 0 amide bonds. The van der Waals surface area contributed by atoms with E-state index in [4.69, 9.17) is 0 Å². The number of benzene rings is 2. The van der Waals surface area contributed by atoms with E-state index in [1.54, 1.807) is 36.8 Å². The monoisotopic (exact) mass is 322 g/mol. The standard InChI is InChI=1S/C18H12F2N4/c19-14-5-1-12(2-6-14)10-24-11-22-17-18(24)23-16(9-21-17)13-3-7-15(20)8-4-13/h1-9,11H,10H2. The van der Waals surface area contributed by atoms with Crippen LogP contribution in [-0.2, 0) is 6.54 Å². The molecule has 2 heterocycles. The fraction of sp³-hybridized carbons (Fsp3) is 0.0556. The Kier molecular flexibility index (Phi) is 3.49. The number of halogens is 2. The fourth-order valence-corrected chi connectivity index (χ4v) is 2.50. The van der Waals surface area contributed by atoms with E-state index in [9.17, 15) is 8.78 Å². The summed E-state index contributed by atoms with van der Waals surface area (Å²) in [6.45, 7) is 0.512. The maximum Gasteiger partial charge on any atom is 0.197 e. The van der Waals surface area contributed by atoms with Crippen molar-refractivity contribution in [2.75, 3.05) is 0 Å². The first kappa shape index (κ1) is 14.4. The summed E-state index contributed by atoms with van der Waals surface area (Å²) in [5.41, 5.74) is 3.51. The average Bonchev–Trinajstić information content (AvgIpc) is 3.00. The molecule has 0 radical (unpaired) electrons. The van der Waals surface area contributed by atoms with Crippen molar-refractivity contribution in [1.29, 1.82) is 0 Å². The van der Waals surface area contributed by atoms with Crippen molar-refractivity contribution in [2.45, 2.75) is 6.54 Å². The number of hydrogen-bond donors (Lipinski definition) is 0. The first-order valence-electron chi connectivity index (χ1n) is 7.37. The van der Waals surface area contributed by atoms with Gasteiger partial charge in [0.25, 0.3) is 0 Å². The number of fused-ring (bicyclic) bond motifs is 1. The van der Waals surface area contributed by atoms with Gasteiger partial charge >= 0.3 is 0 Å². The quantitative estimate of drug-likeness (QED) is 0.576. The Morgan fingerprint density at radius 1 is 0.833 bits per heavy atom. The molecule has 118 valence electrons. The smallest absolute Gasteiger partial charge is 0.197 e. The van der Waals surface area contributed by atoms with Crippen LogP contribution in [0, 0.1) is 11.6 Å². The normalized spacial score (nSPS) is 11.1. The van der Waals surface area contributed by atoms with Gasteiger partial charge in [-0.05, 0) is 42.0 Å². The van der Waals surface area contributed by atoms with Gasteiger partial charge < -0.3 is 4.57 Å². The lowest BCUT2D eigenvalue weighted by Crippen LogP contribution is -2.00. The van der Waals surface area contributed by atoms with Crippen LogP contribution >= 0.6 is 0 Å². The third-order valence-electron chi connectivity index (χ3n) is 3.73. The molecule has 0 spiro atoms. The van der Waals surface area contributed by atoms with Gasteiger partial charge in [0, 0.05) is 5.56 Å². The van der Waals surface area contributed by atoms with E-state index in [0.29, 0.717) is 23.5 Å². The molecule has 2 aromatic carbocycles. The zero-order valence-electron chi connectivity index (χ0n) is 12.5. The summed E-state index contributed by atoms with van der Waals surface area (Å²) in [4.78, 5) is 13.1. The minimum Gasteiger partial charge on any atom is -0.309 e. The Morgan fingerprint density at radius 3 is 2.21 bits per heavy atom. The van der Waals surface area contributed by atoms with Crippen LogP contribution in [0.5, 0.6) is 0 Å². The zero-order valence-corrected chi connectivity index (χ0v) is 12.5. The highest BCUT2D eigenvalue weighted by Gasteiger charge is 2.09. The van der Waals surface area contributed by atoms with Crippen molar-refractivity contribution >= 4 is 11.3 Å². The third-order valence-corrected chi connectivity index (χ3v) is 3.73. The lowest BCUT2D eigenvalue weighted by molar-refractivity contribution is 0.626. The molecule has 6 heteroatoms. The minimum absolute atomic E-state index is 0.271. The Balaban J connectivity index is 1.73. The lowest BCUT2D eigenvalue weighted by atomic mass is 10.1. The predicted molar refractivity (Wildman–Crippen MR) is 86.2 cm³/mol. The van der Waals surface area contributed by atoms with Gasteiger partial charge in [0.15, 0.2) is 11.3 Å². The molecule has 0 saturated heterocycles. The van der Waals surface area contributed by atoms with Gasteiger partial charge in [0.1, 0.15) is 11.6 Å². The molecule has 24 heavy (non-hydrogen) atoms. The van der Waals surface area contributed by atoms with E-state index < -0.39 is 0 Å². The molecule has 4 aromatic rings. The van der Waals surface area contributed by atoms with Gasteiger partial charge in [0.05, 0.1) is 24.8 Å². The molecule has 4 nitrogen and oxygen atoms in total. The SMILES string of the molecule is Fc1ccc(Cn2cnc3ncc(-c4ccc(F)cc4)nc32)cc1. The van der Waals surface area contributed by atoms with Crippen molar-refractivity contribution in [1.82, 2.24) is 19.5 Å². The van der Waals surface area contributed by atoms with Gasteiger partial charge in [-0.3, -0.25) is 0 Å². The van der Waals surface area contributed by atoms with Gasteiger partial charge in [-0.15, -0.1) is 0 Å². The van der Waals surface area contributed by atoms with Crippen molar-refractivity contribution in [3.63, 3.8) is 0 Å². The Bertz CT molecular complexity index is 992. The van der Waals surface area contributed by atoms with Crippen LogP contribution in [-0.4, -0.2) is 19.5 Å². The van der Waals surface area contributed by atoms with Gasteiger partial charge in [-0.1, -0.05) is 12.1 Å². The molecule has 0 aliphatic carbocycles. The molecule has 0 fully saturated rings. The largest absolute Gasteiger partial charge is 0.309 e. The van der Waals surface area contributed by atoms with Gasteiger partial charge in [0.2, 0.25) is 0 Å². The van der Waals surface area contributed by atoms with Crippen LogP contribution in [0.25, 0.3) is 22.6 Å². The summed E-state index contributed by atoms with van der Waals surface area (Å²) in [7, 11) is 0. The zero-order chi connectivity index (χ0) is 16.5. The molecule has 0 bridgehead atoms. The molecule has 0 aliphatic heterocycles. The summed E-state index contributed by atoms with van der Waals surface area (Å²) in [6.07, 6.45) is 3.27. The molecule has 0 N–H and O–H groups in total. The summed E-state index contributed by atoms with van der Waals surface area (Å²) in [5, 5.41) is 0. The van der Waals surface area contributed by atoms with E-state index in [2.05, 4.69) is 15.0 Å². The number of aromatic nitrogens is 4. The molecule has 0 atom stereocenters. The van der Waals surface area contributed by atoms with Crippen LogP contribution in [0.3, 0.4) is 0 Å². The maximum absolute atomic E-state index is 13.1. The first-order valence-corrected chi connectivity index (χ1v) is 7.37. The van der Waals surface area contributed by atoms with Crippen molar-refractivity contribution in [2.24, 2.45) is 0 Å². The highest BCUT2D eigenvalue weighted by molar-refractivity contribution is 5.70. The summed E-state index contributed by atoms with van der Waals surface area (Å²) in [6, 6.07) is 12.4. The molecule has 2 aromatic heterocycles. The summed E-state index contributed by atoms with van der Waals surface area (Å²) >= 11 is 0.